The second-order valence-corrected chi connectivity index (χ2v) is 7.18. The summed E-state index contributed by atoms with van der Waals surface area (Å²) in [6, 6.07) is -0.0674. The van der Waals surface area contributed by atoms with Crippen LogP contribution in [0, 0.1) is 12.8 Å². The van der Waals surface area contributed by atoms with Crippen molar-refractivity contribution in [3.8, 4) is 0 Å². The van der Waals surface area contributed by atoms with E-state index in [4.69, 9.17) is 0 Å². The molecule has 1 fully saturated rings. The summed E-state index contributed by atoms with van der Waals surface area (Å²) in [6.07, 6.45) is 6.12. The van der Waals surface area contributed by atoms with E-state index in [0.717, 1.165) is 35.4 Å². The number of carbonyl (C=O) groups excluding carboxylic acids is 1. The zero-order valence-electron chi connectivity index (χ0n) is 13.4. The monoisotopic (exact) mass is 334 g/mol. The highest BCUT2D eigenvalue weighted by atomic mass is 32.1. The Kier molecular flexibility index (Phi) is 4.77. The van der Waals surface area contributed by atoms with Crippen LogP contribution in [-0.4, -0.2) is 31.9 Å². The fraction of sp³-hybridized carbons (Fsp3) is 0.562. The molecule has 6 nitrogen and oxygen atoms in total. The van der Waals surface area contributed by atoms with Gasteiger partial charge in [0, 0.05) is 30.1 Å². The summed E-state index contributed by atoms with van der Waals surface area (Å²) in [6.45, 7) is 1.97. The molecule has 0 bridgehead atoms. The molecule has 124 valence electrons. The van der Waals surface area contributed by atoms with Gasteiger partial charge in [0.2, 0.25) is 5.91 Å². The summed E-state index contributed by atoms with van der Waals surface area (Å²) in [7, 11) is 1.87. The lowest BCUT2D eigenvalue weighted by atomic mass is 9.75. The molecule has 0 aromatic carbocycles. The number of thiazole rings is 1. The molecule has 1 aliphatic rings. The molecule has 0 saturated heterocycles. The van der Waals surface area contributed by atoms with Gasteiger partial charge >= 0.3 is 0 Å². The zero-order chi connectivity index (χ0) is 16.4. The van der Waals surface area contributed by atoms with Crippen LogP contribution in [0.2, 0.25) is 0 Å². The third-order valence-electron chi connectivity index (χ3n) is 4.45. The van der Waals surface area contributed by atoms with Gasteiger partial charge in [-0.15, -0.1) is 11.3 Å². The molecule has 1 saturated carbocycles. The Bertz CT molecular complexity index is 675. The number of aromatic nitrogens is 3. The average Bonchev–Trinajstić information content (AvgIpc) is 3.08. The van der Waals surface area contributed by atoms with Gasteiger partial charge in [-0.05, 0) is 32.1 Å². The van der Waals surface area contributed by atoms with Gasteiger partial charge in [-0.25, -0.2) is 4.98 Å². The first-order valence-electron chi connectivity index (χ1n) is 7.88. The maximum atomic E-state index is 12.3. The van der Waals surface area contributed by atoms with Gasteiger partial charge in [-0.1, -0.05) is 0 Å². The van der Waals surface area contributed by atoms with Crippen LogP contribution in [0.15, 0.2) is 17.9 Å². The Balaban J connectivity index is 1.61. The van der Waals surface area contributed by atoms with Crippen molar-refractivity contribution in [2.45, 2.75) is 44.8 Å². The van der Waals surface area contributed by atoms with Crippen molar-refractivity contribution >= 4 is 17.2 Å². The second kappa shape index (κ2) is 6.80. The molecule has 3 rings (SSSR count). The van der Waals surface area contributed by atoms with E-state index >= 15 is 0 Å². The molecule has 1 unspecified atom stereocenters. The molecule has 7 heteroatoms. The van der Waals surface area contributed by atoms with Crippen LogP contribution in [-0.2, 0) is 18.3 Å². The summed E-state index contributed by atoms with van der Waals surface area (Å²) >= 11 is 1.59. The quantitative estimate of drug-likeness (QED) is 0.843. The fourth-order valence-electron chi connectivity index (χ4n) is 3.01. The van der Waals surface area contributed by atoms with Crippen LogP contribution >= 0.6 is 11.3 Å². The Hall–Kier alpha value is -1.73. The standard InChI is InChI=1S/C16H22N4O2S/c1-10-14(23-9-17-10)3-4-15(22)19-16(11-5-13(21)6-11)12-7-18-20(2)8-12/h7-9,11,13,16,21H,3-6H2,1-2H3,(H,19,22). The predicted molar refractivity (Wildman–Crippen MR) is 88.0 cm³/mol. The van der Waals surface area contributed by atoms with E-state index in [1.54, 1.807) is 22.2 Å². The number of nitrogens with zero attached hydrogens (tertiary/aromatic N) is 3. The van der Waals surface area contributed by atoms with E-state index < -0.39 is 0 Å². The van der Waals surface area contributed by atoms with E-state index in [1.807, 2.05) is 25.7 Å². The molecule has 0 aliphatic heterocycles. The third-order valence-corrected chi connectivity index (χ3v) is 5.44. The molecule has 2 aromatic rings. The van der Waals surface area contributed by atoms with E-state index in [1.165, 1.54) is 0 Å². The van der Waals surface area contributed by atoms with Crippen molar-refractivity contribution < 1.29 is 9.90 Å². The van der Waals surface area contributed by atoms with Gasteiger partial charge < -0.3 is 10.4 Å². The highest BCUT2D eigenvalue weighted by Crippen LogP contribution is 2.38. The lowest BCUT2D eigenvalue weighted by Crippen LogP contribution is -2.41. The summed E-state index contributed by atoms with van der Waals surface area (Å²) < 4.78 is 1.74. The zero-order valence-corrected chi connectivity index (χ0v) is 14.2. The molecular weight excluding hydrogens is 312 g/mol. The van der Waals surface area contributed by atoms with E-state index in [-0.39, 0.29) is 24.0 Å². The lowest BCUT2D eigenvalue weighted by molar-refractivity contribution is -0.123. The molecule has 0 spiro atoms. The Morgan fingerprint density at radius 1 is 1.57 bits per heavy atom. The highest BCUT2D eigenvalue weighted by molar-refractivity contribution is 7.09. The molecule has 2 aromatic heterocycles. The molecule has 2 heterocycles. The molecule has 2 N–H and O–H groups in total. The SMILES string of the molecule is Cc1ncsc1CCC(=O)NC(c1cnn(C)c1)C1CC(O)C1. The van der Waals surface area contributed by atoms with E-state index in [9.17, 15) is 9.90 Å². The number of aliphatic hydroxyl groups is 1. The molecular formula is C16H22N4O2S. The van der Waals surface area contributed by atoms with Crippen LogP contribution in [0.3, 0.4) is 0 Å². The maximum absolute atomic E-state index is 12.3. The Labute approximate surface area is 139 Å². The number of amides is 1. The molecule has 23 heavy (non-hydrogen) atoms. The van der Waals surface area contributed by atoms with Crippen LogP contribution < -0.4 is 5.32 Å². The first kappa shape index (κ1) is 16.1. The van der Waals surface area contributed by atoms with Crippen LogP contribution in [0.25, 0.3) is 0 Å². The number of rotatable bonds is 6. The number of aliphatic hydroxyl groups excluding tert-OH is 1. The summed E-state index contributed by atoms with van der Waals surface area (Å²) in [5.41, 5.74) is 3.83. The molecule has 0 radical (unpaired) electrons. The highest BCUT2D eigenvalue weighted by Gasteiger charge is 2.36. The first-order chi connectivity index (χ1) is 11.0. The van der Waals surface area contributed by atoms with Gasteiger partial charge in [0.05, 0.1) is 29.5 Å². The van der Waals surface area contributed by atoms with Gasteiger partial charge in [0.25, 0.3) is 0 Å². The Morgan fingerprint density at radius 2 is 2.35 bits per heavy atom. The first-order valence-corrected chi connectivity index (χ1v) is 8.76. The number of hydrogen-bond donors (Lipinski definition) is 2. The topological polar surface area (TPSA) is 80.0 Å². The van der Waals surface area contributed by atoms with Gasteiger partial charge in [0.15, 0.2) is 0 Å². The number of carbonyl (C=O) groups is 1. The van der Waals surface area contributed by atoms with Crippen LogP contribution in [0.4, 0.5) is 0 Å². The summed E-state index contributed by atoms with van der Waals surface area (Å²) in [5.74, 6) is 0.316. The van der Waals surface area contributed by atoms with E-state index in [0.29, 0.717) is 6.42 Å². The van der Waals surface area contributed by atoms with Crippen molar-refractivity contribution in [3.63, 3.8) is 0 Å². The average molecular weight is 334 g/mol. The van der Waals surface area contributed by atoms with Crippen molar-refractivity contribution in [2.24, 2.45) is 13.0 Å². The molecule has 1 atom stereocenters. The van der Waals surface area contributed by atoms with Gasteiger partial charge in [0.1, 0.15) is 0 Å². The normalized spacial score (nSPS) is 21.7. The minimum atomic E-state index is -0.240. The molecule has 1 aliphatic carbocycles. The van der Waals surface area contributed by atoms with Crippen molar-refractivity contribution in [3.05, 3.63) is 34.0 Å². The Morgan fingerprint density at radius 3 is 2.91 bits per heavy atom. The summed E-state index contributed by atoms with van der Waals surface area (Å²) in [4.78, 5) is 17.7. The third kappa shape index (κ3) is 3.79. The predicted octanol–water partition coefficient (Wildman–Crippen LogP) is 1.75. The van der Waals surface area contributed by atoms with Crippen molar-refractivity contribution in [1.82, 2.24) is 20.1 Å². The fourth-order valence-corrected chi connectivity index (χ4v) is 3.80. The van der Waals surface area contributed by atoms with Gasteiger partial charge in [-0.3, -0.25) is 9.48 Å². The smallest absolute Gasteiger partial charge is 0.220 e. The summed E-state index contributed by atoms with van der Waals surface area (Å²) in [5, 5.41) is 16.9. The maximum Gasteiger partial charge on any atom is 0.220 e. The second-order valence-electron chi connectivity index (χ2n) is 6.24. The van der Waals surface area contributed by atoms with Gasteiger partial charge in [-0.2, -0.15) is 5.10 Å². The minimum Gasteiger partial charge on any atom is -0.393 e. The van der Waals surface area contributed by atoms with Crippen molar-refractivity contribution in [2.75, 3.05) is 0 Å². The number of hydrogen-bond acceptors (Lipinski definition) is 5. The van der Waals surface area contributed by atoms with Crippen LogP contribution in [0.5, 0.6) is 0 Å². The van der Waals surface area contributed by atoms with Crippen molar-refractivity contribution in [1.29, 1.82) is 0 Å². The number of nitrogens with one attached hydrogen (secondary N) is 1. The number of aryl methyl sites for hydroxylation is 3. The van der Waals surface area contributed by atoms with E-state index in [2.05, 4.69) is 15.4 Å². The lowest BCUT2D eigenvalue weighted by Gasteiger charge is -2.37. The minimum absolute atomic E-state index is 0.0352. The largest absolute Gasteiger partial charge is 0.393 e. The van der Waals surface area contributed by atoms with Crippen LogP contribution in [0.1, 0.15) is 41.4 Å². The molecule has 1 amide bonds.